The molecule has 1 aromatic carbocycles. The molecule has 2 rings (SSSR count). The number of amides is 1. The molecule has 22 heavy (non-hydrogen) atoms. The SMILES string of the molecule is CCC(=O)NCc1ccc(Cc2noc(C(F)(F)F)n2)cc1. The predicted molar refractivity (Wildman–Crippen MR) is 70.7 cm³/mol. The molecule has 0 fully saturated rings. The van der Waals surface area contributed by atoms with Crippen LogP contribution in [0.4, 0.5) is 13.2 Å². The van der Waals surface area contributed by atoms with Gasteiger partial charge >= 0.3 is 12.1 Å². The van der Waals surface area contributed by atoms with Crippen LogP contribution in [0.25, 0.3) is 0 Å². The zero-order chi connectivity index (χ0) is 16.2. The molecule has 118 valence electrons. The smallest absolute Gasteiger partial charge is 0.352 e. The number of hydrogen-bond donors (Lipinski definition) is 1. The molecule has 1 heterocycles. The maximum Gasteiger partial charge on any atom is 0.471 e. The first-order valence-electron chi connectivity index (χ1n) is 6.62. The highest BCUT2D eigenvalue weighted by Crippen LogP contribution is 2.27. The van der Waals surface area contributed by atoms with Crippen LogP contribution in [0.1, 0.15) is 36.2 Å². The van der Waals surface area contributed by atoms with Crippen LogP contribution in [0.15, 0.2) is 28.8 Å². The Kier molecular flexibility index (Phi) is 4.79. The number of hydrogen-bond acceptors (Lipinski definition) is 4. The molecule has 0 aliphatic rings. The summed E-state index contributed by atoms with van der Waals surface area (Å²) >= 11 is 0. The van der Waals surface area contributed by atoms with Gasteiger partial charge in [0.25, 0.3) is 0 Å². The lowest BCUT2D eigenvalue weighted by Gasteiger charge is -2.04. The fourth-order valence-electron chi connectivity index (χ4n) is 1.72. The Morgan fingerprint density at radius 2 is 1.86 bits per heavy atom. The molecule has 5 nitrogen and oxygen atoms in total. The third kappa shape index (κ3) is 4.31. The van der Waals surface area contributed by atoms with Gasteiger partial charge in [0, 0.05) is 19.4 Å². The van der Waals surface area contributed by atoms with Crippen LogP contribution < -0.4 is 5.32 Å². The highest BCUT2D eigenvalue weighted by atomic mass is 19.4. The first kappa shape index (κ1) is 16.0. The van der Waals surface area contributed by atoms with Crippen LogP contribution >= 0.6 is 0 Å². The molecule has 0 unspecified atom stereocenters. The lowest BCUT2D eigenvalue weighted by Crippen LogP contribution is -2.21. The Hall–Kier alpha value is -2.38. The second kappa shape index (κ2) is 6.59. The molecule has 0 bridgehead atoms. The standard InChI is InChI=1S/C14H14F3N3O2/c1-2-12(21)18-8-10-5-3-9(4-6-10)7-11-19-13(22-20-11)14(15,16)17/h3-6H,2,7-8H2,1H3,(H,18,21). The third-order valence-electron chi connectivity index (χ3n) is 2.91. The number of nitrogens with one attached hydrogen (secondary N) is 1. The van der Waals surface area contributed by atoms with E-state index in [9.17, 15) is 18.0 Å². The number of aromatic nitrogens is 2. The molecule has 0 atom stereocenters. The van der Waals surface area contributed by atoms with E-state index in [1.165, 1.54) is 0 Å². The second-order valence-electron chi connectivity index (χ2n) is 4.64. The van der Waals surface area contributed by atoms with Crippen molar-refractivity contribution in [2.75, 3.05) is 0 Å². The molecule has 0 saturated heterocycles. The van der Waals surface area contributed by atoms with E-state index in [-0.39, 0.29) is 18.2 Å². The molecule has 2 aromatic rings. The van der Waals surface area contributed by atoms with Gasteiger partial charge in [-0.2, -0.15) is 18.2 Å². The largest absolute Gasteiger partial charge is 0.471 e. The molecule has 0 saturated carbocycles. The van der Waals surface area contributed by atoms with E-state index < -0.39 is 12.1 Å². The van der Waals surface area contributed by atoms with Crippen LogP contribution in [0.2, 0.25) is 0 Å². The van der Waals surface area contributed by atoms with E-state index in [0.717, 1.165) is 11.1 Å². The Labute approximate surface area is 124 Å². The lowest BCUT2D eigenvalue weighted by atomic mass is 10.1. The van der Waals surface area contributed by atoms with Crippen LogP contribution in [-0.2, 0) is 23.9 Å². The molecule has 1 aromatic heterocycles. The van der Waals surface area contributed by atoms with Crippen LogP contribution in [0.3, 0.4) is 0 Å². The number of benzene rings is 1. The summed E-state index contributed by atoms with van der Waals surface area (Å²) in [5, 5.41) is 6.04. The molecule has 0 radical (unpaired) electrons. The maximum absolute atomic E-state index is 12.3. The summed E-state index contributed by atoms with van der Waals surface area (Å²) in [5.74, 6) is -1.42. The Bertz CT molecular complexity index is 636. The summed E-state index contributed by atoms with van der Waals surface area (Å²) < 4.78 is 41.2. The monoisotopic (exact) mass is 313 g/mol. The minimum atomic E-state index is -4.63. The van der Waals surface area contributed by atoms with Crippen LogP contribution in [-0.4, -0.2) is 16.0 Å². The Morgan fingerprint density at radius 3 is 2.41 bits per heavy atom. The molecular formula is C14H14F3N3O2. The zero-order valence-corrected chi connectivity index (χ0v) is 11.8. The van der Waals surface area contributed by atoms with Crippen LogP contribution in [0, 0.1) is 0 Å². The van der Waals surface area contributed by atoms with Gasteiger partial charge in [-0.3, -0.25) is 4.79 Å². The van der Waals surface area contributed by atoms with Gasteiger partial charge in [-0.1, -0.05) is 36.3 Å². The van der Waals surface area contributed by atoms with Crippen molar-refractivity contribution >= 4 is 5.91 Å². The van der Waals surface area contributed by atoms with Crippen molar-refractivity contribution in [3.63, 3.8) is 0 Å². The first-order valence-corrected chi connectivity index (χ1v) is 6.62. The van der Waals surface area contributed by atoms with E-state index in [0.29, 0.717) is 13.0 Å². The van der Waals surface area contributed by atoms with E-state index in [1.54, 1.807) is 31.2 Å². The molecule has 0 spiro atoms. The van der Waals surface area contributed by atoms with Crippen molar-refractivity contribution in [1.82, 2.24) is 15.5 Å². The van der Waals surface area contributed by atoms with E-state index >= 15 is 0 Å². The highest BCUT2D eigenvalue weighted by molar-refractivity contribution is 5.75. The minimum absolute atomic E-state index is 0.0284. The van der Waals surface area contributed by atoms with Gasteiger partial charge in [-0.05, 0) is 11.1 Å². The number of rotatable bonds is 5. The van der Waals surface area contributed by atoms with Crippen molar-refractivity contribution < 1.29 is 22.5 Å². The van der Waals surface area contributed by atoms with Crippen molar-refractivity contribution in [3.8, 4) is 0 Å². The first-order chi connectivity index (χ1) is 10.4. The summed E-state index contributed by atoms with van der Waals surface area (Å²) in [7, 11) is 0. The van der Waals surface area contributed by atoms with Gasteiger partial charge in [0.1, 0.15) is 0 Å². The van der Waals surface area contributed by atoms with Gasteiger partial charge < -0.3 is 9.84 Å². The number of halogens is 3. The minimum Gasteiger partial charge on any atom is -0.352 e. The molecule has 1 N–H and O–H groups in total. The third-order valence-corrected chi connectivity index (χ3v) is 2.91. The normalized spacial score (nSPS) is 11.5. The van der Waals surface area contributed by atoms with Gasteiger partial charge in [0.05, 0.1) is 0 Å². The van der Waals surface area contributed by atoms with Gasteiger partial charge in [0.15, 0.2) is 5.82 Å². The van der Waals surface area contributed by atoms with E-state index in [4.69, 9.17) is 0 Å². The quantitative estimate of drug-likeness (QED) is 0.921. The van der Waals surface area contributed by atoms with Crippen molar-refractivity contribution in [2.45, 2.75) is 32.5 Å². The Morgan fingerprint density at radius 1 is 1.23 bits per heavy atom. The van der Waals surface area contributed by atoms with Crippen molar-refractivity contribution in [3.05, 3.63) is 47.1 Å². The topological polar surface area (TPSA) is 68.0 Å². The number of nitrogens with zero attached hydrogens (tertiary/aromatic N) is 2. The predicted octanol–water partition coefficient (Wildman–Crippen LogP) is 2.71. The summed E-state index contributed by atoms with van der Waals surface area (Å²) in [6.07, 6.45) is -4.08. The summed E-state index contributed by atoms with van der Waals surface area (Å²) in [5.41, 5.74) is 1.65. The zero-order valence-electron chi connectivity index (χ0n) is 11.8. The number of carbonyl (C=O) groups is 1. The molecule has 8 heteroatoms. The molecule has 1 amide bonds. The molecular weight excluding hydrogens is 299 g/mol. The fourth-order valence-corrected chi connectivity index (χ4v) is 1.72. The van der Waals surface area contributed by atoms with Crippen LogP contribution in [0.5, 0.6) is 0 Å². The maximum atomic E-state index is 12.3. The van der Waals surface area contributed by atoms with E-state index in [1.807, 2.05) is 0 Å². The summed E-state index contributed by atoms with van der Waals surface area (Å²) in [6, 6.07) is 7.07. The van der Waals surface area contributed by atoms with Crippen molar-refractivity contribution in [1.29, 1.82) is 0 Å². The van der Waals surface area contributed by atoms with E-state index in [2.05, 4.69) is 20.0 Å². The molecule has 0 aliphatic carbocycles. The summed E-state index contributed by atoms with van der Waals surface area (Å²) in [6.45, 7) is 2.17. The summed E-state index contributed by atoms with van der Waals surface area (Å²) in [4.78, 5) is 14.5. The Balaban J connectivity index is 1.96. The number of alkyl halides is 3. The van der Waals surface area contributed by atoms with Gasteiger partial charge in [-0.15, -0.1) is 0 Å². The fraction of sp³-hybridized carbons (Fsp3) is 0.357. The molecule has 0 aliphatic heterocycles. The van der Waals surface area contributed by atoms with Crippen molar-refractivity contribution in [2.24, 2.45) is 0 Å². The van der Waals surface area contributed by atoms with Gasteiger partial charge in [-0.25, -0.2) is 0 Å². The number of carbonyl (C=O) groups excluding carboxylic acids is 1. The lowest BCUT2D eigenvalue weighted by molar-refractivity contribution is -0.159. The average molecular weight is 313 g/mol. The van der Waals surface area contributed by atoms with Gasteiger partial charge in [0.2, 0.25) is 5.91 Å². The second-order valence-corrected chi connectivity index (χ2v) is 4.64. The average Bonchev–Trinajstić information content (AvgIpc) is 2.95. The highest BCUT2D eigenvalue weighted by Gasteiger charge is 2.38.